The van der Waals surface area contributed by atoms with Crippen LogP contribution in [0, 0.1) is 12.8 Å². The van der Waals surface area contributed by atoms with Gasteiger partial charge in [0.25, 0.3) is 0 Å². The van der Waals surface area contributed by atoms with Gasteiger partial charge >= 0.3 is 12.2 Å². The van der Waals surface area contributed by atoms with Gasteiger partial charge in [0.1, 0.15) is 11.9 Å². The standard InChI is InChI=1S/C23H27F3N6O2/c1-14-10-20(31-8-6-16(7-9-31)23(24,25)26)28-11-18(14)29-17-4-2-15(3-5-17)12-32-13-19(21(27)33)30-22(32)34/h2-5,10-11,16,19,29H,6-9,12-13H2,1H3,(H2,27,33)(H,30,34). The molecule has 0 bridgehead atoms. The molecule has 1 aromatic heterocycles. The van der Waals surface area contributed by atoms with Crippen molar-refractivity contribution >= 4 is 29.1 Å². The molecule has 4 rings (SSSR count). The summed E-state index contributed by atoms with van der Waals surface area (Å²) in [5.41, 5.74) is 8.71. The Morgan fingerprint density at radius 1 is 1.24 bits per heavy atom. The third kappa shape index (κ3) is 5.35. The molecule has 34 heavy (non-hydrogen) atoms. The number of aryl methyl sites for hydroxylation is 1. The van der Waals surface area contributed by atoms with Crippen LogP contribution in [0.25, 0.3) is 0 Å². The van der Waals surface area contributed by atoms with Crippen LogP contribution in [0.3, 0.4) is 0 Å². The first kappa shape index (κ1) is 23.7. The molecule has 0 saturated carbocycles. The first-order valence-corrected chi connectivity index (χ1v) is 11.1. The van der Waals surface area contributed by atoms with E-state index in [1.165, 1.54) is 4.90 Å². The number of carbonyl (C=O) groups excluding carboxylic acids is 2. The van der Waals surface area contributed by atoms with Gasteiger partial charge in [-0.2, -0.15) is 13.2 Å². The highest BCUT2D eigenvalue weighted by molar-refractivity contribution is 5.89. The molecule has 1 aromatic carbocycles. The molecule has 4 N–H and O–H groups in total. The maximum atomic E-state index is 12.9. The predicted octanol–water partition coefficient (Wildman–Crippen LogP) is 3.29. The summed E-state index contributed by atoms with van der Waals surface area (Å²) in [6, 6.07) is 8.41. The first-order valence-electron chi connectivity index (χ1n) is 11.1. The van der Waals surface area contributed by atoms with Crippen LogP contribution in [0.5, 0.6) is 0 Å². The Balaban J connectivity index is 1.34. The van der Waals surface area contributed by atoms with Gasteiger partial charge in [-0.1, -0.05) is 12.1 Å². The highest BCUT2D eigenvalue weighted by Gasteiger charge is 2.41. The third-order valence-electron chi connectivity index (χ3n) is 6.32. The van der Waals surface area contributed by atoms with Crippen molar-refractivity contribution in [3.05, 3.63) is 47.7 Å². The van der Waals surface area contributed by atoms with Gasteiger partial charge in [-0.3, -0.25) is 4.79 Å². The van der Waals surface area contributed by atoms with Crippen LogP contribution in [0.1, 0.15) is 24.0 Å². The maximum absolute atomic E-state index is 12.9. The number of primary amides is 1. The fourth-order valence-corrected chi connectivity index (χ4v) is 4.24. The summed E-state index contributed by atoms with van der Waals surface area (Å²) in [6.07, 6.45) is -2.28. The van der Waals surface area contributed by atoms with E-state index >= 15 is 0 Å². The molecule has 0 radical (unpaired) electrons. The van der Waals surface area contributed by atoms with E-state index in [4.69, 9.17) is 5.73 Å². The monoisotopic (exact) mass is 476 g/mol. The van der Waals surface area contributed by atoms with Crippen molar-refractivity contribution in [3.8, 4) is 0 Å². The number of nitrogens with two attached hydrogens (primary N) is 1. The van der Waals surface area contributed by atoms with Gasteiger partial charge in [0, 0.05) is 25.3 Å². The van der Waals surface area contributed by atoms with Gasteiger partial charge in [-0.15, -0.1) is 0 Å². The molecule has 8 nitrogen and oxygen atoms in total. The summed E-state index contributed by atoms with van der Waals surface area (Å²) < 4.78 is 38.7. The summed E-state index contributed by atoms with van der Waals surface area (Å²) in [7, 11) is 0. The van der Waals surface area contributed by atoms with Gasteiger partial charge in [-0.25, -0.2) is 9.78 Å². The summed E-state index contributed by atoms with van der Waals surface area (Å²) in [6.45, 7) is 3.18. The molecule has 3 amide bonds. The summed E-state index contributed by atoms with van der Waals surface area (Å²) in [4.78, 5) is 31.1. The Kier molecular flexibility index (Phi) is 6.54. The fraction of sp³-hybridized carbons (Fsp3) is 0.435. The molecule has 0 spiro atoms. The lowest BCUT2D eigenvalue weighted by molar-refractivity contribution is -0.179. The molecule has 3 heterocycles. The lowest BCUT2D eigenvalue weighted by Crippen LogP contribution is -2.39. The number of piperidine rings is 1. The molecule has 11 heteroatoms. The van der Waals surface area contributed by atoms with E-state index in [9.17, 15) is 22.8 Å². The van der Waals surface area contributed by atoms with Gasteiger partial charge in [-0.05, 0) is 49.1 Å². The largest absolute Gasteiger partial charge is 0.391 e. The van der Waals surface area contributed by atoms with Crippen molar-refractivity contribution in [2.45, 2.75) is 38.5 Å². The smallest absolute Gasteiger partial charge is 0.368 e. The van der Waals surface area contributed by atoms with Gasteiger partial charge in [0.2, 0.25) is 5.91 Å². The highest BCUT2D eigenvalue weighted by Crippen LogP contribution is 2.35. The number of hydrogen-bond donors (Lipinski definition) is 3. The van der Waals surface area contributed by atoms with Crippen LogP contribution in [-0.2, 0) is 11.3 Å². The Morgan fingerprint density at radius 3 is 2.47 bits per heavy atom. The van der Waals surface area contributed by atoms with Crippen LogP contribution < -0.4 is 21.3 Å². The van der Waals surface area contributed by atoms with Crippen molar-refractivity contribution < 1.29 is 22.8 Å². The minimum atomic E-state index is -4.13. The number of benzene rings is 1. The van der Waals surface area contributed by atoms with E-state index in [0.29, 0.717) is 25.5 Å². The maximum Gasteiger partial charge on any atom is 0.391 e. The number of hydrogen-bond acceptors (Lipinski definition) is 5. The van der Waals surface area contributed by atoms with Crippen LogP contribution in [0.15, 0.2) is 36.5 Å². The van der Waals surface area contributed by atoms with E-state index in [2.05, 4.69) is 15.6 Å². The van der Waals surface area contributed by atoms with E-state index in [0.717, 1.165) is 22.5 Å². The molecule has 2 aliphatic heterocycles. The quantitative estimate of drug-likeness (QED) is 0.594. The molecular weight excluding hydrogens is 449 g/mol. The average Bonchev–Trinajstić information content (AvgIpc) is 3.16. The van der Waals surface area contributed by atoms with E-state index < -0.39 is 24.0 Å². The zero-order valence-corrected chi connectivity index (χ0v) is 18.7. The second-order valence-electron chi connectivity index (χ2n) is 8.77. The Bertz CT molecular complexity index is 1050. The Hall–Kier alpha value is -3.50. The topological polar surface area (TPSA) is 104 Å². The molecule has 2 aliphatic rings. The number of anilines is 3. The predicted molar refractivity (Wildman–Crippen MR) is 122 cm³/mol. The molecule has 1 unspecified atom stereocenters. The number of carbonyl (C=O) groups is 2. The van der Waals surface area contributed by atoms with Gasteiger partial charge in [0.05, 0.1) is 24.3 Å². The molecule has 182 valence electrons. The van der Waals surface area contributed by atoms with Crippen molar-refractivity contribution in [1.29, 1.82) is 0 Å². The van der Waals surface area contributed by atoms with E-state index in [-0.39, 0.29) is 25.4 Å². The zero-order chi connectivity index (χ0) is 24.5. The highest BCUT2D eigenvalue weighted by atomic mass is 19.4. The van der Waals surface area contributed by atoms with Crippen LogP contribution in [-0.4, -0.2) is 53.7 Å². The zero-order valence-electron chi connectivity index (χ0n) is 18.7. The van der Waals surface area contributed by atoms with Gasteiger partial charge in [0.15, 0.2) is 0 Å². The normalized spacial score (nSPS) is 19.3. The lowest BCUT2D eigenvalue weighted by atomic mass is 9.96. The molecule has 1 atom stereocenters. The number of rotatable bonds is 6. The lowest BCUT2D eigenvalue weighted by Gasteiger charge is -2.33. The first-order chi connectivity index (χ1) is 16.1. The number of halogens is 3. The van der Waals surface area contributed by atoms with E-state index in [1.807, 2.05) is 42.2 Å². The molecular formula is C23H27F3N6O2. The van der Waals surface area contributed by atoms with Crippen molar-refractivity contribution in [1.82, 2.24) is 15.2 Å². The number of pyridine rings is 1. The number of nitrogens with one attached hydrogen (secondary N) is 2. The van der Waals surface area contributed by atoms with Crippen molar-refractivity contribution in [3.63, 3.8) is 0 Å². The summed E-state index contributed by atoms with van der Waals surface area (Å²) >= 11 is 0. The van der Waals surface area contributed by atoms with Crippen LogP contribution >= 0.6 is 0 Å². The second kappa shape index (κ2) is 9.40. The number of alkyl halides is 3. The third-order valence-corrected chi connectivity index (χ3v) is 6.32. The minimum absolute atomic E-state index is 0.0822. The van der Waals surface area contributed by atoms with Crippen molar-refractivity contribution in [2.24, 2.45) is 11.7 Å². The fourth-order valence-electron chi connectivity index (χ4n) is 4.24. The van der Waals surface area contributed by atoms with E-state index in [1.54, 1.807) is 6.20 Å². The Morgan fingerprint density at radius 2 is 1.91 bits per heavy atom. The van der Waals surface area contributed by atoms with Crippen LogP contribution in [0.4, 0.5) is 35.2 Å². The number of amides is 3. The molecule has 2 aromatic rings. The molecule has 2 saturated heterocycles. The van der Waals surface area contributed by atoms with Crippen molar-refractivity contribution in [2.75, 3.05) is 29.9 Å². The average molecular weight is 477 g/mol. The number of aromatic nitrogens is 1. The SMILES string of the molecule is Cc1cc(N2CCC(C(F)(F)F)CC2)ncc1Nc1ccc(CN2CC(C(N)=O)NC2=O)cc1. The second-order valence-corrected chi connectivity index (χ2v) is 8.77. The summed E-state index contributed by atoms with van der Waals surface area (Å²) in [5, 5.41) is 5.85. The molecule has 2 fully saturated rings. The summed E-state index contributed by atoms with van der Waals surface area (Å²) in [5.74, 6) is -1.12. The molecule has 0 aliphatic carbocycles. The Labute approximate surface area is 195 Å². The number of urea groups is 1. The van der Waals surface area contributed by atoms with Gasteiger partial charge < -0.3 is 26.2 Å². The number of nitrogens with zero attached hydrogens (tertiary/aromatic N) is 3. The minimum Gasteiger partial charge on any atom is -0.368 e. The van der Waals surface area contributed by atoms with Crippen LogP contribution in [0.2, 0.25) is 0 Å².